The lowest BCUT2D eigenvalue weighted by Gasteiger charge is -2.31. The molecular formula is C77H63Cl2N7O21. The van der Waals surface area contributed by atoms with E-state index in [-0.39, 0.29) is 95.8 Å². The van der Waals surface area contributed by atoms with Gasteiger partial charge in [-0.3, -0.25) is 28.8 Å². The fourth-order valence-electron chi connectivity index (χ4n) is 12.4. The fraction of sp³-hybridized carbons (Fsp3) is 0.182. The van der Waals surface area contributed by atoms with Crippen molar-refractivity contribution in [3.05, 3.63) is 236 Å². The van der Waals surface area contributed by atoms with Crippen molar-refractivity contribution in [2.24, 2.45) is 0 Å². The maximum atomic E-state index is 16.3. The van der Waals surface area contributed by atoms with Gasteiger partial charge in [0.2, 0.25) is 41.2 Å². The first-order valence-electron chi connectivity index (χ1n) is 32.9. The van der Waals surface area contributed by atoms with Crippen molar-refractivity contribution in [3.63, 3.8) is 0 Å². The summed E-state index contributed by atoms with van der Waals surface area (Å²) in [6.07, 6.45) is -3.71. The second kappa shape index (κ2) is 29.6. The van der Waals surface area contributed by atoms with Crippen LogP contribution in [0.2, 0.25) is 10.0 Å². The average Bonchev–Trinajstić information content (AvgIpc) is 0.767. The summed E-state index contributed by atoms with van der Waals surface area (Å²) in [7, 11) is 0. The molecule has 13 N–H and O–H groups in total. The van der Waals surface area contributed by atoms with Crippen molar-refractivity contribution >= 4 is 76.7 Å². The monoisotopic (exact) mass is 1490 g/mol. The Labute approximate surface area is 617 Å². The third-order valence-corrected chi connectivity index (χ3v) is 18.0. The van der Waals surface area contributed by atoms with E-state index in [1.54, 1.807) is 57.2 Å². The number of rotatable bonds is 6. The highest BCUT2D eigenvalue weighted by molar-refractivity contribution is 6.32. The van der Waals surface area contributed by atoms with E-state index in [0.29, 0.717) is 5.56 Å². The van der Waals surface area contributed by atoms with Gasteiger partial charge in [0.25, 0.3) is 0 Å². The summed E-state index contributed by atoms with van der Waals surface area (Å²) in [5, 5.41) is 87.9. The Morgan fingerprint density at radius 2 is 1.11 bits per heavy atom. The predicted octanol–water partition coefficient (Wildman–Crippen LogP) is 9.72. The van der Waals surface area contributed by atoms with Crippen LogP contribution in [0, 0.1) is 0 Å². The van der Waals surface area contributed by atoms with Crippen molar-refractivity contribution in [2.75, 3.05) is 0 Å². The number of aromatic hydroxyl groups is 5. The molecule has 15 rings (SSSR count). The van der Waals surface area contributed by atoms with Crippen LogP contribution in [0.3, 0.4) is 0 Å². The minimum atomic E-state index is -2.28. The molecule has 0 aliphatic carbocycles. The number of hydrogen-bond donors (Lipinski definition) is 13. The zero-order valence-electron chi connectivity index (χ0n) is 56.3. The number of fused-ring (bicyclic) bond motifs is 14. The number of ether oxygens (including phenoxy) is 6. The number of halogens is 2. The summed E-state index contributed by atoms with van der Waals surface area (Å²) in [6.45, 7) is 4.53. The maximum absolute atomic E-state index is 16.3. The Balaban J connectivity index is 1.02. The third-order valence-electron chi connectivity index (χ3n) is 17.5. The van der Waals surface area contributed by atoms with Crippen LogP contribution in [-0.2, 0) is 56.1 Å². The van der Waals surface area contributed by atoms with Crippen LogP contribution >= 0.6 is 23.2 Å². The molecule has 0 fully saturated rings. The molecule has 7 amide bonds. The molecule has 0 radical (unpaired) electrons. The number of amides is 7. The highest BCUT2D eigenvalue weighted by Crippen LogP contribution is 2.49. The van der Waals surface area contributed by atoms with Crippen LogP contribution < -0.4 is 56.2 Å². The molecule has 0 spiro atoms. The standard InChI is InChI=1S/C77H63Cl2N7O21/c1-77(2,3)107-76(101)86-61-39-16-19-52(90)56(28-39)103-45-25-41(24-43(87)31-45)62-71(96)83-63-42-29-57(104-54-20-14-36(22-48(54)78)23-50(68(93)81-62)80-69(61)94)67(102-34-35-10-6-4-7-11-35)58(30-42)105-55-21-17-40(27-49(55)79)66(92)65-73(98)84-64(75(100)106-74(99)37-12-8-5-9-13-37)47-32-44(88)33-53(91)59(47)46-26-38(15-18-51(46)89)60(70(95)85-65)82-72(63)97/h4-22,24-33,50,60-66,87-92H,23,34H2,1-3H3,(H,80,94)(H,81,93)(H,82,97)(H,83,96)(H,84,98)(H,85,95)(H,86,101)/t50-,60-,61-,62+,63-,64-,65+,66-/m1/s1. The second-order valence-electron chi connectivity index (χ2n) is 26.2. The molecule has 6 heterocycles. The number of phenols is 5. The highest BCUT2D eigenvalue weighted by atomic mass is 35.5. The highest BCUT2D eigenvalue weighted by Gasteiger charge is 2.43. The summed E-state index contributed by atoms with van der Waals surface area (Å²) in [6, 6.07) is 23.9. The van der Waals surface area contributed by atoms with E-state index < -0.39 is 159 Å². The molecule has 30 heteroatoms. The summed E-state index contributed by atoms with van der Waals surface area (Å²) in [5.41, 5.74) is -2.93. The van der Waals surface area contributed by atoms with Gasteiger partial charge in [0.1, 0.15) is 94.8 Å². The molecule has 6 aliphatic heterocycles. The molecule has 9 aromatic carbocycles. The van der Waals surface area contributed by atoms with Crippen molar-refractivity contribution in [1.29, 1.82) is 0 Å². The molecule has 0 saturated carbocycles. The topological polar surface area (TPSA) is 415 Å². The molecule has 0 unspecified atom stereocenters. The van der Waals surface area contributed by atoms with Crippen molar-refractivity contribution in [2.45, 2.75) is 87.8 Å². The van der Waals surface area contributed by atoms with Gasteiger partial charge in [-0.25, -0.2) is 14.4 Å². The van der Waals surface area contributed by atoms with Gasteiger partial charge in [-0.1, -0.05) is 96.0 Å². The van der Waals surface area contributed by atoms with Crippen LogP contribution in [0.1, 0.15) is 112 Å². The molecular weight excluding hydrogens is 1430 g/mol. The Bertz CT molecular complexity index is 5140. The fourth-order valence-corrected chi connectivity index (χ4v) is 12.9. The van der Waals surface area contributed by atoms with Crippen LogP contribution in [0.15, 0.2) is 176 Å². The molecule has 546 valence electrons. The van der Waals surface area contributed by atoms with E-state index in [1.165, 1.54) is 84.9 Å². The summed E-state index contributed by atoms with van der Waals surface area (Å²) < 4.78 is 37.0. The van der Waals surface area contributed by atoms with E-state index in [4.69, 9.17) is 51.6 Å². The van der Waals surface area contributed by atoms with Crippen molar-refractivity contribution in [1.82, 2.24) is 37.2 Å². The van der Waals surface area contributed by atoms with E-state index in [0.717, 1.165) is 54.6 Å². The smallest absolute Gasteiger partial charge is 0.408 e. The average molecular weight is 1490 g/mol. The van der Waals surface area contributed by atoms with Gasteiger partial charge >= 0.3 is 18.0 Å². The third kappa shape index (κ3) is 15.7. The van der Waals surface area contributed by atoms with Crippen LogP contribution in [-0.4, -0.2) is 102 Å². The van der Waals surface area contributed by atoms with Gasteiger partial charge in [0.05, 0.1) is 15.6 Å². The summed E-state index contributed by atoms with van der Waals surface area (Å²) in [5.74, 6) is -15.5. The van der Waals surface area contributed by atoms with Crippen LogP contribution in [0.5, 0.6) is 69.0 Å². The minimum Gasteiger partial charge on any atom is -0.508 e. The van der Waals surface area contributed by atoms with Gasteiger partial charge in [-0.2, -0.15) is 0 Å². The van der Waals surface area contributed by atoms with E-state index >= 15 is 28.8 Å². The molecule has 0 saturated heterocycles. The van der Waals surface area contributed by atoms with Crippen LogP contribution in [0.4, 0.5) is 4.79 Å². The molecule has 17 bridgehead atoms. The van der Waals surface area contributed by atoms with Gasteiger partial charge < -0.3 is 96.3 Å². The number of phenolic OH excluding ortho intramolecular Hbond substituents is 5. The zero-order valence-corrected chi connectivity index (χ0v) is 57.9. The first-order valence-corrected chi connectivity index (χ1v) is 33.7. The quantitative estimate of drug-likeness (QED) is 0.0544. The second-order valence-corrected chi connectivity index (χ2v) is 27.0. The van der Waals surface area contributed by atoms with Gasteiger partial charge in [-0.05, 0) is 151 Å². The number of esters is 2. The summed E-state index contributed by atoms with van der Waals surface area (Å²) in [4.78, 5) is 136. The molecule has 6 aliphatic rings. The number of nitrogens with one attached hydrogen (secondary N) is 7. The van der Waals surface area contributed by atoms with E-state index in [9.17, 15) is 45.0 Å². The first-order chi connectivity index (χ1) is 51.1. The number of alkyl carbamates (subject to hydrolysis) is 1. The number of hydrogen-bond acceptors (Lipinski definition) is 21. The normalized spacial score (nSPS) is 19.8. The Morgan fingerprint density at radius 1 is 0.523 bits per heavy atom. The van der Waals surface area contributed by atoms with Crippen molar-refractivity contribution < 1.29 is 102 Å². The van der Waals surface area contributed by atoms with Crippen LogP contribution in [0.25, 0.3) is 11.1 Å². The Morgan fingerprint density at radius 3 is 1.79 bits per heavy atom. The number of carbonyl (C=O) groups excluding carboxylic acids is 9. The largest absolute Gasteiger partial charge is 0.508 e. The van der Waals surface area contributed by atoms with E-state index in [2.05, 4.69) is 37.2 Å². The SMILES string of the molecule is CC(C)(C)OC(=O)N[C@H]1C(=O)N[C@@H]2Cc3ccc(c(Cl)c3)Oc3cc4cc(c3OCc3ccccc3)Oc3ccc(cc3Cl)[C@@H](O)[C@@H]3NC(=O)[C@H](NC(=O)[C@@H]4NC(=O)[C@@H](NC2=O)c2cc(O)cc(c2)Oc2cc1ccc2O)c1ccc(O)c(c1)-c1c(O)cc(O)cc1[C@H](C(=O)OC(=O)c1ccccc1)NC3=O. The number of aliphatic hydroxyl groups is 1. The van der Waals surface area contributed by atoms with Gasteiger partial charge in [0.15, 0.2) is 29.0 Å². The van der Waals surface area contributed by atoms with Gasteiger partial charge in [0, 0.05) is 35.2 Å². The molecule has 28 nitrogen and oxygen atoms in total. The zero-order chi connectivity index (χ0) is 75.9. The maximum Gasteiger partial charge on any atom is 0.408 e. The molecule has 9 aromatic rings. The Kier molecular flexibility index (Phi) is 20.0. The predicted molar refractivity (Wildman–Crippen MR) is 378 cm³/mol. The molecule has 107 heavy (non-hydrogen) atoms. The molecule has 8 atom stereocenters. The minimum absolute atomic E-state index is 0.00777. The number of carbonyl (C=O) groups is 9. The lowest BCUT2D eigenvalue weighted by atomic mass is 9.89. The first kappa shape index (κ1) is 72.3. The lowest BCUT2D eigenvalue weighted by Crippen LogP contribution is -2.55. The van der Waals surface area contributed by atoms with Gasteiger partial charge in [-0.15, -0.1) is 0 Å². The van der Waals surface area contributed by atoms with E-state index in [1.807, 2.05) is 0 Å². The lowest BCUT2D eigenvalue weighted by molar-refractivity contribution is -0.144. The van der Waals surface area contributed by atoms with Crippen molar-refractivity contribution in [3.8, 4) is 80.1 Å². The molecule has 0 aromatic heterocycles. The number of aliphatic hydroxyl groups excluding tert-OH is 1. The summed E-state index contributed by atoms with van der Waals surface area (Å²) >= 11 is 14.3. The number of benzene rings is 9. The Hall–Kier alpha value is -13.1.